The van der Waals surface area contributed by atoms with Crippen molar-refractivity contribution >= 4 is 16.7 Å². The van der Waals surface area contributed by atoms with Crippen LogP contribution < -0.4 is 4.57 Å². The molecule has 0 unspecified atom stereocenters. The number of rotatable bonds is 0. The first-order valence-corrected chi connectivity index (χ1v) is 6.13. The van der Waals surface area contributed by atoms with Crippen molar-refractivity contribution in [2.75, 3.05) is 0 Å². The monoisotopic (exact) mass is 249 g/mol. The number of hydrogen-bond donors (Lipinski definition) is 0. The molecule has 1 aliphatic rings. The Hall–Kier alpha value is -2.69. The van der Waals surface area contributed by atoms with E-state index >= 15 is 0 Å². The third-order valence-corrected chi connectivity index (χ3v) is 3.66. The van der Waals surface area contributed by atoms with Crippen molar-refractivity contribution in [3.05, 3.63) is 48.5 Å². The fraction of sp³-hybridized carbons (Fsp3) is 0.0714. The first kappa shape index (κ1) is 9.27. The van der Waals surface area contributed by atoms with E-state index in [4.69, 9.17) is 4.42 Å². The minimum absolute atomic E-state index is 0.815. The molecule has 0 aliphatic carbocycles. The van der Waals surface area contributed by atoms with E-state index in [1.54, 1.807) is 12.4 Å². The van der Waals surface area contributed by atoms with E-state index in [1.165, 1.54) is 5.56 Å². The van der Waals surface area contributed by atoms with Gasteiger partial charge < -0.3 is 4.42 Å². The Morgan fingerprint density at radius 3 is 3.32 bits per heavy atom. The molecule has 0 aromatic carbocycles. The topological polar surface area (TPSA) is 47.2 Å². The molecule has 1 aliphatic heterocycles. The van der Waals surface area contributed by atoms with Gasteiger partial charge in [-0.25, -0.2) is 4.98 Å². The summed E-state index contributed by atoms with van der Waals surface area (Å²) in [5.74, 6) is 0.840. The first-order valence-electron chi connectivity index (χ1n) is 6.13. The van der Waals surface area contributed by atoms with Crippen molar-refractivity contribution in [3.63, 3.8) is 0 Å². The second-order valence-corrected chi connectivity index (χ2v) is 4.71. The summed E-state index contributed by atoms with van der Waals surface area (Å²) in [6.07, 6.45) is 7.31. The third kappa shape index (κ3) is 1.03. The molecule has 4 aromatic heterocycles. The van der Waals surface area contributed by atoms with Gasteiger partial charge in [-0.1, -0.05) is 0 Å². The zero-order chi connectivity index (χ0) is 12.4. The maximum Gasteiger partial charge on any atom is 0.402 e. The maximum absolute atomic E-state index is 6.03. The number of pyridine rings is 1. The highest BCUT2D eigenvalue weighted by Gasteiger charge is 2.36. The smallest absolute Gasteiger partial charge is 0.379 e. The number of nitrogens with zero attached hydrogens (tertiary/aromatic N) is 4. The van der Waals surface area contributed by atoms with Crippen LogP contribution in [0.3, 0.4) is 0 Å². The minimum atomic E-state index is 0.815. The van der Waals surface area contributed by atoms with E-state index in [0.29, 0.717) is 0 Å². The SMILES string of the molecule is c1cnc2c(c1)C[n+]1c-2oc2c1cc1cnccn12. The van der Waals surface area contributed by atoms with Crippen LogP contribution in [0.5, 0.6) is 0 Å². The largest absolute Gasteiger partial charge is 0.402 e. The highest BCUT2D eigenvalue weighted by atomic mass is 16.4. The molecule has 0 N–H and O–H groups in total. The fourth-order valence-corrected chi connectivity index (χ4v) is 2.80. The van der Waals surface area contributed by atoms with Gasteiger partial charge >= 0.3 is 5.89 Å². The normalized spacial score (nSPS) is 13.1. The lowest BCUT2D eigenvalue weighted by Crippen LogP contribution is -2.30. The summed E-state index contributed by atoms with van der Waals surface area (Å²) < 4.78 is 10.2. The van der Waals surface area contributed by atoms with Gasteiger partial charge in [-0.3, -0.25) is 9.38 Å². The Morgan fingerprint density at radius 2 is 2.32 bits per heavy atom. The van der Waals surface area contributed by atoms with Crippen molar-refractivity contribution in [2.45, 2.75) is 6.54 Å². The number of aromatic nitrogens is 4. The van der Waals surface area contributed by atoms with Gasteiger partial charge in [0, 0.05) is 24.7 Å². The lowest BCUT2D eigenvalue weighted by molar-refractivity contribution is -0.649. The molecule has 5 rings (SSSR count). The van der Waals surface area contributed by atoms with Gasteiger partial charge in [0.25, 0.3) is 11.2 Å². The molecule has 4 aromatic rings. The van der Waals surface area contributed by atoms with Crippen molar-refractivity contribution in [2.24, 2.45) is 0 Å². The van der Waals surface area contributed by atoms with Crippen LogP contribution in [0.25, 0.3) is 28.3 Å². The van der Waals surface area contributed by atoms with Crippen LogP contribution in [-0.2, 0) is 6.54 Å². The molecule has 0 amide bonds. The number of fused-ring (bicyclic) bond motifs is 7. The van der Waals surface area contributed by atoms with E-state index in [9.17, 15) is 0 Å². The van der Waals surface area contributed by atoms with Crippen LogP contribution in [0.15, 0.2) is 47.4 Å². The molecule has 19 heavy (non-hydrogen) atoms. The Kier molecular flexibility index (Phi) is 1.46. The summed E-state index contributed by atoms with van der Waals surface area (Å²) in [4.78, 5) is 8.56. The Bertz CT molecular complexity index is 951. The molecule has 5 heterocycles. The zero-order valence-electron chi connectivity index (χ0n) is 9.95. The maximum atomic E-state index is 6.03. The predicted molar refractivity (Wildman–Crippen MR) is 67.5 cm³/mol. The van der Waals surface area contributed by atoms with Crippen molar-refractivity contribution in [1.29, 1.82) is 0 Å². The summed E-state index contributed by atoms with van der Waals surface area (Å²) in [5, 5.41) is 0. The first-order chi connectivity index (χ1) is 9.42. The van der Waals surface area contributed by atoms with Crippen LogP contribution in [0, 0.1) is 0 Å². The summed E-state index contributed by atoms with van der Waals surface area (Å²) in [6, 6.07) is 6.15. The van der Waals surface area contributed by atoms with Gasteiger partial charge in [-0.05, 0) is 12.1 Å². The second kappa shape index (κ2) is 3.00. The van der Waals surface area contributed by atoms with E-state index in [1.807, 2.05) is 22.9 Å². The van der Waals surface area contributed by atoms with Crippen molar-refractivity contribution in [3.8, 4) is 11.6 Å². The molecule has 5 heteroatoms. The van der Waals surface area contributed by atoms with Crippen LogP contribution in [-0.4, -0.2) is 14.4 Å². The van der Waals surface area contributed by atoms with Crippen LogP contribution in [0.4, 0.5) is 0 Å². The predicted octanol–water partition coefficient (Wildman–Crippen LogP) is 1.79. The number of oxazole rings is 1. The van der Waals surface area contributed by atoms with Crippen LogP contribution >= 0.6 is 0 Å². The Morgan fingerprint density at radius 1 is 1.32 bits per heavy atom. The molecule has 0 fully saturated rings. The van der Waals surface area contributed by atoms with Crippen LogP contribution in [0.2, 0.25) is 0 Å². The lowest BCUT2D eigenvalue weighted by atomic mass is 10.2. The molecular weight excluding hydrogens is 240 g/mol. The van der Waals surface area contributed by atoms with Gasteiger partial charge in [0.05, 0.1) is 17.3 Å². The Balaban J connectivity index is 1.93. The molecule has 0 saturated carbocycles. The van der Waals surface area contributed by atoms with Gasteiger partial charge in [-0.15, -0.1) is 4.57 Å². The summed E-state index contributed by atoms with van der Waals surface area (Å²) >= 11 is 0. The fourth-order valence-electron chi connectivity index (χ4n) is 2.80. The molecule has 5 nitrogen and oxygen atoms in total. The molecule has 0 radical (unpaired) electrons. The quantitative estimate of drug-likeness (QED) is 0.393. The number of hydrogen-bond acceptors (Lipinski definition) is 3. The second-order valence-electron chi connectivity index (χ2n) is 4.71. The van der Waals surface area contributed by atoms with E-state index < -0.39 is 0 Å². The zero-order valence-corrected chi connectivity index (χ0v) is 9.95. The molecule has 0 saturated heterocycles. The summed E-state index contributed by atoms with van der Waals surface area (Å²) in [7, 11) is 0. The van der Waals surface area contributed by atoms with E-state index in [2.05, 4.69) is 26.7 Å². The molecule has 0 spiro atoms. The third-order valence-electron chi connectivity index (χ3n) is 3.66. The van der Waals surface area contributed by atoms with Crippen molar-refractivity contribution < 1.29 is 8.98 Å². The average molecular weight is 249 g/mol. The Labute approximate surface area is 107 Å². The van der Waals surface area contributed by atoms with Gasteiger partial charge in [0.1, 0.15) is 0 Å². The highest BCUT2D eigenvalue weighted by molar-refractivity contribution is 5.78. The van der Waals surface area contributed by atoms with E-state index in [-0.39, 0.29) is 0 Å². The molecule has 0 atom stereocenters. The summed E-state index contributed by atoms with van der Waals surface area (Å²) in [6.45, 7) is 0.815. The standard InChI is InChI=1S/C14H9N4O/c1-2-9-8-18-11-6-10-7-15-4-5-17(10)13(11)19-14(18)12(9)16-3-1/h1-7H,8H2/q+1. The highest BCUT2D eigenvalue weighted by Crippen LogP contribution is 2.30. The lowest BCUT2D eigenvalue weighted by Gasteiger charge is -1.91. The van der Waals surface area contributed by atoms with Crippen molar-refractivity contribution in [1.82, 2.24) is 14.4 Å². The summed E-state index contributed by atoms with van der Waals surface area (Å²) in [5.41, 5.74) is 5.12. The van der Waals surface area contributed by atoms with Crippen LogP contribution in [0.1, 0.15) is 5.56 Å². The minimum Gasteiger partial charge on any atom is -0.379 e. The molecule has 90 valence electrons. The molecule has 0 bridgehead atoms. The average Bonchev–Trinajstić information content (AvgIpc) is 3.07. The van der Waals surface area contributed by atoms with Gasteiger partial charge in [0.15, 0.2) is 12.2 Å². The molecular formula is C14H9N4O+. The van der Waals surface area contributed by atoms with E-state index in [0.717, 1.165) is 34.9 Å². The van der Waals surface area contributed by atoms with Gasteiger partial charge in [-0.2, -0.15) is 0 Å². The van der Waals surface area contributed by atoms with Gasteiger partial charge in [0.2, 0.25) is 0 Å².